The van der Waals surface area contributed by atoms with Gasteiger partial charge in [-0.05, 0) is 41.5 Å². The molecule has 39 heavy (non-hydrogen) atoms. The van der Waals surface area contributed by atoms with Gasteiger partial charge in [-0.2, -0.15) is 4.98 Å². The van der Waals surface area contributed by atoms with Crippen LogP contribution in [0.4, 0.5) is 11.8 Å². The molecule has 0 bridgehead atoms. The number of nitrogens with two attached hydrogens (primary N) is 2. The number of methoxy groups -OCH3 is 3. The summed E-state index contributed by atoms with van der Waals surface area (Å²) in [5, 5.41) is 4.88. The molecule has 1 amide bonds. The van der Waals surface area contributed by atoms with E-state index in [0.717, 1.165) is 27.4 Å². The maximum atomic E-state index is 13.0. The second-order valence-corrected chi connectivity index (χ2v) is 9.26. The molecule has 0 aliphatic carbocycles. The number of hydrogen-bond acceptors (Lipinski definition) is 9. The monoisotopic (exact) mass is 550 g/mol. The summed E-state index contributed by atoms with van der Waals surface area (Å²) in [4.78, 5) is 24.3. The number of anilines is 2. The third-order valence-electron chi connectivity index (χ3n) is 6.41. The molecule has 0 aliphatic heterocycles. The number of nitrogens with zero attached hydrogens (tertiary/aromatic N) is 2. The molecule has 0 saturated heterocycles. The number of halogens is 1. The first-order valence-electron chi connectivity index (χ1n) is 11.9. The third kappa shape index (κ3) is 5.01. The summed E-state index contributed by atoms with van der Waals surface area (Å²) >= 11 is 6.31. The van der Waals surface area contributed by atoms with E-state index >= 15 is 0 Å². The third-order valence-corrected chi connectivity index (χ3v) is 6.64. The molecule has 0 unspecified atom stereocenters. The Morgan fingerprint density at radius 2 is 1.90 bits per heavy atom. The zero-order valence-corrected chi connectivity index (χ0v) is 22.3. The van der Waals surface area contributed by atoms with Gasteiger partial charge in [0, 0.05) is 53.0 Å². The number of ether oxygens (including phenoxy) is 3. The molecule has 0 aliphatic rings. The maximum Gasteiger partial charge on any atom is 0.269 e. The molecule has 2 aromatic carbocycles. The van der Waals surface area contributed by atoms with Crippen molar-refractivity contribution in [1.82, 2.24) is 20.3 Å². The molecule has 5 rings (SSSR count). The highest BCUT2D eigenvalue weighted by molar-refractivity contribution is 6.31. The number of H-pyrrole nitrogens is 1. The van der Waals surface area contributed by atoms with Crippen molar-refractivity contribution in [2.45, 2.75) is 12.8 Å². The number of amides is 1. The molecule has 0 radical (unpaired) electrons. The minimum atomic E-state index is -0.311. The van der Waals surface area contributed by atoms with E-state index in [2.05, 4.69) is 20.3 Å². The van der Waals surface area contributed by atoms with E-state index in [9.17, 15) is 4.79 Å². The summed E-state index contributed by atoms with van der Waals surface area (Å²) in [6.07, 6.45) is 2.29. The highest BCUT2D eigenvalue weighted by Crippen LogP contribution is 2.41. The molecular weight excluding hydrogens is 524 g/mol. The Labute approximate surface area is 228 Å². The summed E-state index contributed by atoms with van der Waals surface area (Å²) in [6.45, 7) is 0.0668. The first-order chi connectivity index (χ1) is 18.8. The number of aromatic amines is 1. The molecule has 0 saturated carbocycles. The van der Waals surface area contributed by atoms with E-state index in [0.29, 0.717) is 52.0 Å². The van der Waals surface area contributed by atoms with Crippen LogP contribution in [-0.4, -0.2) is 48.9 Å². The Morgan fingerprint density at radius 1 is 1.08 bits per heavy atom. The first kappa shape index (κ1) is 26.1. The van der Waals surface area contributed by atoms with Gasteiger partial charge in [-0.15, -0.1) is 0 Å². The summed E-state index contributed by atoms with van der Waals surface area (Å²) < 4.78 is 22.6. The lowest BCUT2D eigenvalue weighted by atomic mass is 10.0. The fourth-order valence-corrected chi connectivity index (χ4v) is 4.79. The zero-order chi connectivity index (χ0) is 27.7. The van der Waals surface area contributed by atoms with Crippen LogP contribution in [0.1, 0.15) is 32.9 Å². The van der Waals surface area contributed by atoms with E-state index in [-0.39, 0.29) is 24.4 Å². The van der Waals surface area contributed by atoms with Crippen LogP contribution in [0.2, 0.25) is 5.02 Å². The number of nitrogen functional groups attached to an aromatic ring is 2. The van der Waals surface area contributed by atoms with Crippen LogP contribution in [0.5, 0.6) is 11.5 Å². The van der Waals surface area contributed by atoms with Gasteiger partial charge in [0.2, 0.25) is 11.7 Å². The molecule has 12 heteroatoms. The van der Waals surface area contributed by atoms with Gasteiger partial charge in [-0.25, -0.2) is 4.98 Å². The Morgan fingerprint density at radius 3 is 2.62 bits per heavy atom. The number of hydrogen-bond donors (Lipinski definition) is 4. The standard InChI is InChI=1S/C27H27ClN6O5/c1-36-12-32-26(35)22-19(18-8-15(28)4-5-20(18)33-22)10-16-9-17-13(6-14-11-31-27(30)34-25(14)29)7-21(37-2)24(38-3)23(17)39-16/h4-5,7-9,11,33H,6,10,12H2,1-3H3,(H,32,35)(H4,29,30,31,34). The summed E-state index contributed by atoms with van der Waals surface area (Å²) in [5.41, 5.74) is 15.7. The lowest BCUT2D eigenvalue weighted by Crippen LogP contribution is -2.26. The average molecular weight is 551 g/mol. The van der Waals surface area contributed by atoms with Gasteiger partial charge >= 0.3 is 0 Å². The second kappa shape index (κ2) is 10.7. The minimum Gasteiger partial charge on any atom is -0.493 e. The van der Waals surface area contributed by atoms with Crippen molar-refractivity contribution >= 4 is 51.1 Å². The van der Waals surface area contributed by atoms with Crippen molar-refractivity contribution in [2.24, 2.45) is 0 Å². The molecule has 5 aromatic rings. The van der Waals surface area contributed by atoms with Crippen molar-refractivity contribution < 1.29 is 23.4 Å². The Balaban J connectivity index is 1.63. The lowest BCUT2D eigenvalue weighted by Gasteiger charge is -2.12. The minimum absolute atomic E-state index is 0.0668. The Hall–Kier alpha value is -4.48. The lowest BCUT2D eigenvalue weighted by molar-refractivity contribution is 0.0867. The van der Waals surface area contributed by atoms with Crippen LogP contribution in [0, 0.1) is 0 Å². The summed E-state index contributed by atoms with van der Waals surface area (Å²) in [7, 11) is 4.60. The van der Waals surface area contributed by atoms with Crippen LogP contribution < -0.4 is 26.3 Å². The van der Waals surface area contributed by atoms with Gasteiger partial charge in [-0.1, -0.05) is 11.6 Å². The number of benzene rings is 2. The quantitative estimate of drug-likeness (QED) is 0.198. The number of aromatic nitrogens is 3. The van der Waals surface area contributed by atoms with Crippen LogP contribution in [0.25, 0.3) is 21.9 Å². The SMILES string of the molecule is COCNC(=O)c1[nH]c2ccc(Cl)cc2c1Cc1cc2c(Cc3cnc(N)nc3N)cc(OC)c(OC)c2o1. The van der Waals surface area contributed by atoms with Gasteiger partial charge in [-0.3, -0.25) is 4.79 Å². The smallest absolute Gasteiger partial charge is 0.269 e. The largest absolute Gasteiger partial charge is 0.493 e. The molecule has 0 fully saturated rings. The number of carbonyl (C=O) groups is 1. The fourth-order valence-electron chi connectivity index (χ4n) is 4.61. The van der Waals surface area contributed by atoms with Crippen LogP contribution in [0.15, 0.2) is 40.9 Å². The van der Waals surface area contributed by atoms with Gasteiger partial charge < -0.3 is 40.4 Å². The Bertz CT molecular complexity index is 1700. The van der Waals surface area contributed by atoms with Gasteiger partial charge in [0.1, 0.15) is 24.0 Å². The number of rotatable bonds is 9. The normalized spacial score (nSPS) is 11.3. The van der Waals surface area contributed by atoms with Gasteiger partial charge in [0.05, 0.1) is 14.2 Å². The van der Waals surface area contributed by atoms with E-state index in [1.807, 2.05) is 24.3 Å². The van der Waals surface area contributed by atoms with Crippen molar-refractivity contribution in [3.05, 3.63) is 69.7 Å². The molecule has 0 atom stereocenters. The van der Waals surface area contributed by atoms with Crippen molar-refractivity contribution in [3.63, 3.8) is 0 Å². The average Bonchev–Trinajstić information content (AvgIpc) is 3.50. The van der Waals surface area contributed by atoms with Crippen LogP contribution >= 0.6 is 11.6 Å². The molecule has 11 nitrogen and oxygen atoms in total. The van der Waals surface area contributed by atoms with E-state index in [4.69, 9.17) is 41.7 Å². The maximum absolute atomic E-state index is 13.0. The molecule has 3 aromatic heterocycles. The van der Waals surface area contributed by atoms with E-state index in [1.54, 1.807) is 26.5 Å². The second-order valence-electron chi connectivity index (χ2n) is 8.83. The van der Waals surface area contributed by atoms with Crippen molar-refractivity contribution in [3.8, 4) is 11.5 Å². The number of furan rings is 1. The van der Waals surface area contributed by atoms with Crippen molar-refractivity contribution in [2.75, 3.05) is 39.5 Å². The highest BCUT2D eigenvalue weighted by atomic mass is 35.5. The van der Waals surface area contributed by atoms with E-state index in [1.165, 1.54) is 7.11 Å². The zero-order valence-electron chi connectivity index (χ0n) is 21.6. The summed E-state index contributed by atoms with van der Waals surface area (Å²) in [6, 6.07) is 9.19. The molecule has 0 spiro atoms. The van der Waals surface area contributed by atoms with E-state index < -0.39 is 0 Å². The predicted octanol–water partition coefficient (Wildman–Crippen LogP) is 4.05. The molecule has 202 valence electrons. The van der Waals surface area contributed by atoms with Crippen LogP contribution in [-0.2, 0) is 17.6 Å². The number of nitrogens with one attached hydrogen (secondary N) is 2. The molecular formula is C27H27ClN6O5. The Kier molecular flexibility index (Phi) is 7.18. The molecule has 6 N–H and O–H groups in total. The first-order valence-corrected chi connectivity index (χ1v) is 12.3. The van der Waals surface area contributed by atoms with Crippen LogP contribution in [0.3, 0.4) is 0 Å². The number of carbonyl (C=O) groups excluding carboxylic acids is 1. The highest BCUT2D eigenvalue weighted by Gasteiger charge is 2.23. The van der Waals surface area contributed by atoms with Gasteiger partial charge in [0.15, 0.2) is 11.3 Å². The van der Waals surface area contributed by atoms with Gasteiger partial charge in [0.25, 0.3) is 5.91 Å². The van der Waals surface area contributed by atoms with Crippen molar-refractivity contribution in [1.29, 1.82) is 0 Å². The molecule has 3 heterocycles. The number of fused-ring (bicyclic) bond motifs is 2. The summed E-state index contributed by atoms with van der Waals surface area (Å²) in [5.74, 6) is 1.62. The fraction of sp³-hybridized carbons (Fsp3) is 0.222. The predicted molar refractivity (Wildman–Crippen MR) is 148 cm³/mol. The topological polar surface area (TPSA) is 164 Å².